The molecule has 2 aliphatic heterocycles. The Hall–Kier alpha value is -3.47. The highest BCUT2D eigenvalue weighted by molar-refractivity contribution is 6.18. The van der Waals surface area contributed by atoms with E-state index >= 15 is 0 Å². The molecule has 1 aromatic carbocycles. The van der Waals surface area contributed by atoms with E-state index in [1.54, 1.807) is 0 Å². The second kappa shape index (κ2) is 11.9. The van der Waals surface area contributed by atoms with Gasteiger partial charge in [-0.15, -0.1) is 0 Å². The summed E-state index contributed by atoms with van der Waals surface area (Å²) in [6.45, 7) is 8.61. The molecule has 1 saturated heterocycles. The van der Waals surface area contributed by atoms with E-state index in [1.807, 2.05) is 23.6 Å². The number of hydrogen-bond donors (Lipinski definition) is 4. The fourth-order valence-corrected chi connectivity index (χ4v) is 5.43. The Balaban J connectivity index is 1.57. The van der Waals surface area contributed by atoms with Gasteiger partial charge in [-0.3, -0.25) is 9.69 Å². The summed E-state index contributed by atoms with van der Waals surface area (Å²) in [5.74, 6) is -0.233. The Morgan fingerprint density at radius 1 is 1.29 bits per heavy atom. The molecule has 11 heteroatoms. The SMILES string of the molecule is C=C(/N=C1\C(=C/N)N=C(Nc2ccc(F)cc2F)N1[C@H]1CC[C@@H](C(=O)N2CCC[C@@H]2CO)CC1)NC(C)C. The van der Waals surface area contributed by atoms with E-state index in [4.69, 9.17) is 5.73 Å². The first-order chi connectivity index (χ1) is 18.2. The molecule has 1 amide bonds. The average molecular weight is 530 g/mol. The Kier molecular flexibility index (Phi) is 8.65. The molecular formula is C27H37F2N7O2. The number of likely N-dealkylation sites (tertiary alicyclic amines) is 1. The zero-order valence-corrected chi connectivity index (χ0v) is 22.0. The molecule has 9 nitrogen and oxygen atoms in total. The summed E-state index contributed by atoms with van der Waals surface area (Å²) in [5.41, 5.74) is 6.37. The van der Waals surface area contributed by atoms with Crippen LogP contribution in [-0.4, -0.2) is 63.9 Å². The topological polar surface area (TPSA) is 119 Å². The number of nitrogens with one attached hydrogen (secondary N) is 2. The van der Waals surface area contributed by atoms with E-state index < -0.39 is 11.6 Å². The fourth-order valence-electron chi connectivity index (χ4n) is 5.43. The number of nitrogens with zero attached hydrogens (tertiary/aromatic N) is 4. The normalized spacial score (nSPS) is 25.8. The van der Waals surface area contributed by atoms with Gasteiger partial charge in [-0.1, -0.05) is 6.58 Å². The molecule has 2 heterocycles. The van der Waals surface area contributed by atoms with Crippen molar-refractivity contribution in [1.29, 1.82) is 0 Å². The number of hydrogen-bond acceptors (Lipinski definition) is 7. The largest absolute Gasteiger partial charge is 0.403 e. The van der Waals surface area contributed by atoms with Crippen molar-refractivity contribution in [3.8, 4) is 0 Å². The van der Waals surface area contributed by atoms with Crippen LogP contribution in [0.5, 0.6) is 0 Å². The first kappa shape index (κ1) is 27.6. The lowest BCUT2D eigenvalue weighted by Crippen LogP contribution is -2.48. The summed E-state index contributed by atoms with van der Waals surface area (Å²) in [6, 6.07) is 3.21. The molecule has 1 aromatic rings. The molecule has 0 radical (unpaired) electrons. The van der Waals surface area contributed by atoms with E-state index in [9.17, 15) is 18.7 Å². The predicted octanol–water partition coefficient (Wildman–Crippen LogP) is 3.26. The maximum atomic E-state index is 14.5. The number of carbonyl (C=O) groups is 1. The highest BCUT2D eigenvalue weighted by atomic mass is 19.1. The second-order valence-electron chi connectivity index (χ2n) is 10.3. The van der Waals surface area contributed by atoms with Crippen molar-refractivity contribution < 1.29 is 18.7 Å². The van der Waals surface area contributed by atoms with Crippen LogP contribution >= 0.6 is 0 Å². The van der Waals surface area contributed by atoms with E-state index in [2.05, 4.69) is 27.2 Å². The number of benzene rings is 1. The summed E-state index contributed by atoms with van der Waals surface area (Å²) < 4.78 is 28.0. The zero-order chi connectivity index (χ0) is 27.4. The third-order valence-electron chi connectivity index (χ3n) is 7.23. The Bertz CT molecular complexity index is 1140. The summed E-state index contributed by atoms with van der Waals surface area (Å²) >= 11 is 0. The van der Waals surface area contributed by atoms with Gasteiger partial charge in [-0.25, -0.2) is 18.8 Å². The average Bonchev–Trinajstić information content (AvgIpc) is 3.49. The number of rotatable bonds is 7. The van der Waals surface area contributed by atoms with Gasteiger partial charge in [0.25, 0.3) is 0 Å². The number of amidine groups is 1. The standard InChI is InChI=1S/C27H37F2N7O2/c1-16(2)31-17(3)32-25-24(14-30)34-27(33-23-11-8-19(28)13-22(23)29)36(25)20-9-6-18(7-10-20)26(38)35-12-4-5-21(35)15-37/h8,11,13-14,16,18,20-21,31,37H,3-7,9-10,12,15,30H2,1-2H3,(H,33,34)/b24-14+,32-25+/t18-,20+,21-/m1/s1. The van der Waals surface area contributed by atoms with Crippen molar-refractivity contribution in [1.82, 2.24) is 15.1 Å². The van der Waals surface area contributed by atoms with Crippen LogP contribution in [0.2, 0.25) is 0 Å². The predicted molar refractivity (Wildman–Crippen MR) is 144 cm³/mol. The van der Waals surface area contributed by atoms with Crippen molar-refractivity contribution in [2.45, 2.75) is 70.5 Å². The maximum Gasteiger partial charge on any atom is 0.226 e. The minimum absolute atomic E-state index is 0.0113. The number of carbonyl (C=O) groups excluding carboxylic acids is 1. The van der Waals surface area contributed by atoms with E-state index in [1.165, 1.54) is 18.3 Å². The maximum absolute atomic E-state index is 14.5. The molecule has 2 fully saturated rings. The van der Waals surface area contributed by atoms with Crippen molar-refractivity contribution in [2.75, 3.05) is 18.5 Å². The quantitative estimate of drug-likeness (QED) is 0.431. The molecule has 3 aliphatic rings. The van der Waals surface area contributed by atoms with Gasteiger partial charge in [0, 0.05) is 36.8 Å². The van der Waals surface area contributed by atoms with Gasteiger partial charge >= 0.3 is 0 Å². The summed E-state index contributed by atoms with van der Waals surface area (Å²) in [7, 11) is 0. The van der Waals surface area contributed by atoms with Crippen LogP contribution in [0.4, 0.5) is 14.5 Å². The number of anilines is 1. The molecular weight excluding hydrogens is 492 g/mol. The lowest BCUT2D eigenvalue weighted by Gasteiger charge is -2.37. The van der Waals surface area contributed by atoms with Gasteiger partial charge in [-0.2, -0.15) is 0 Å². The highest BCUT2D eigenvalue weighted by Gasteiger charge is 2.40. The third kappa shape index (κ3) is 5.98. The van der Waals surface area contributed by atoms with E-state index in [0.29, 0.717) is 55.5 Å². The van der Waals surface area contributed by atoms with Crippen LogP contribution in [0.1, 0.15) is 52.4 Å². The second-order valence-corrected chi connectivity index (χ2v) is 10.3. The van der Waals surface area contributed by atoms with Gasteiger partial charge < -0.3 is 26.4 Å². The number of halogens is 2. The van der Waals surface area contributed by atoms with Crippen molar-refractivity contribution in [2.24, 2.45) is 21.6 Å². The minimum Gasteiger partial charge on any atom is -0.403 e. The minimum atomic E-state index is -0.749. The van der Waals surface area contributed by atoms with Crippen LogP contribution in [0.3, 0.4) is 0 Å². The van der Waals surface area contributed by atoms with Gasteiger partial charge in [0.05, 0.1) is 18.3 Å². The molecule has 4 rings (SSSR count). The zero-order valence-electron chi connectivity index (χ0n) is 22.0. The Labute approximate surface area is 222 Å². The lowest BCUT2D eigenvalue weighted by atomic mass is 9.84. The van der Waals surface area contributed by atoms with Gasteiger partial charge in [0.1, 0.15) is 23.2 Å². The van der Waals surface area contributed by atoms with Gasteiger partial charge in [-0.05, 0) is 64.5 Å². The number of nitrogens with two attached hydrogens (primary N) is 1. The molecule has 5 N–H and O–H groups in total. The Morgan fingerprint density at radius 2 is 2.03 bits per heavy atom. The fraction of sp³-hybridized carbons (Fsp3) is 0.519. The Morgan fingerprint density at radius 3 is 2.66 bits per heavy atom. The van der Waals surface area contributed by atoms with Crippen LogP contribution in [0.15, 0.2) is 52.5 Å². The third-order valence-corrected chi connectivity index (χ3v) is 7.23. The van der Waals surface area contributed by atoms with Crippen molar-refractivity contribution >= 4 is 23.4 Å². The monoisotopic (exact) mass is 529 g/mol. The highest BCUT2D eigenvalue weighted by Crippen LogP contribution is 2.34. The van der Waals surface area contributed by atoms with E-state index in [-0.39, 0.29) is 42.2 Å². The van der Waals surface area contributed by atoms with Crippen molar-refractivity contribution in [3.63, 3.8) is 0 Å². The van der Waals surface area contributed by atoms with E-state index in [0.717, 1.165) is 18.9 Å². The lowest BCUT2D eigenvalue weighted by molar-refractivity contribution is -0.138. The summed E-state index contributed by atoms with van der Waals surface area (Å²) in [4.78, 5) is 26.2. The molecule has 1 atom stereocenters. The smallest absolute Gasteiger partial charge is 0.226 e. The first-order valence-corrected chi connectivity index (χ1v) is 13.2. The van der Waals surface area contributed by atoms with Gasteiger partial charge in [0.15, 0.2) is 5.84 Å². The first-order valence-electron chi connectivity index (χ1n) is 13.2. The van der Waals surface area contributed by atoms with Crippen LogP contribution in [0.25, 0.3) is 0 Å². The number of amides is 1. The number of aliphatic hydroxyl groups excluding tert-OH is 1. The molecule has 0 aromatic heterocycles. The molecule has 1 saturated carbocycles. The van der Waals surface area contributed by atoms with Gasteiger partial charge in [0.2, 0.25) is 11.9 Å². The molecule has 1 aliphatic carbocycles. The molecule has 38 heavy (non-hydrogen) atoms. The number of aliphatic imine (C=N–C) groups is 2. The van der Waals surface area contributed by atoms with Crippen LogP contribution in [0, 0.1) is 17.6 Å². The van der Waals surface area contributed by atoms with Crippen LogP contribution in [-0.2, 0) is 4.79 Å². The number of guanidine groups is 1. The van der Waals surface area contributed by atoms with Crippen molar-refractivity contribution in [3.05, 3.63) is 54.1 Å². The number of aliphatic hydroxyl groups is 1. The summed E-state index contributed by atoms with van der Waals surface area (Å²) in [5, 5.41) is 15.8. The summed E-state index contributed by atoms with van der Waals surface area (Å²) in [6.07, 6.45) is 5.73. The molecule has 0 unspecified atom stereocenters. The van der Waals surface area contributed by atoms with Crippen LogP contribution < -0.4 is 16.4 Å². The molecule has 0 spiro atoms. The molecule has 0 bridgehead atoms. The molecule has 206 valence electrons.